The summed E-state index contributed by atoms with van der Waals surface area (Å²) in [6.07, 6.45) is 2.59. The zero-order valence-electron chi connectivity index (χ0n) is 13.7. The Morgan fingerprint density at radius 2 is 2.22 bits per heavy atom. The highest BCUT2D eigenvalue weighted by molar-refractivity contribution is 5.79. The van der Waals surface area contributed by atoms with Crippen LogP contribution >= 0.6 is 0 Å². The second-order valence-corrected chi connectivity index (χ2v) is 6.13. The van der Waals surface area contributed by atoms with E-state index in [4.69, 9.17) is 4.74 Å². The Hall–Kier alpha value is -2.30. The molecule has 1 amide bonds. The average molecular weight is 313 g/mol. The lowest BCUT2D eigenvalue weighted by Crippen LogP contribution is -2.37. The predicted molar refractivity (Wildman–Crippen MR) is 88.5 cm³/mol. The van der Waals surface area contributed by atoms with Crippen molar-refractivity contribution < 1.29 is 9.53 Å². The van der Waals surface area contributed by atoms with Crippen LogP contribution in [0.25, 0.3) is 0 Å². The monoisotopic (exact) mass is 313 g/mol. The third-order valence-corrected chi connectivity index (χ3v) is 4.43. The van der Waals surface area contributed by atoms with E-state index in [2.05, 4.69) is 15.5 Å². The van der Waals surface area contributed by atoms with Gasteiger partial charge in [-0.25, -0.2) is 0 Å². The third kappa shape index (κ3) is 3.55. The van der Waals surface area contributed by atoms with Gasteiger partial charge in [0.2, 0.25) is 5.91 Å². The minimum atomic E-state index is -0.0951. The van der Waals surface area contributed by atoms with E-state index in [1.54, 1.807) is 0 Å². The lowest BCUT2D eigenvalue weighted by Gasteiger charge is -2.24. The van der Waals surface area contributed by atoms with Gasteiger partial charge in [-0.3, -0.25) is 9.89 Å². The van der Waals surface area contributed by atoms with E-state index in [9.17, 15) is 4.79 Å². The Balaban J connectivity index is 1.45. The Morgan fingerprint density at radius 3 is 3.00 bits per heavy atom. The highest BCUT2D eigenvalue weighted by atomic mass is 16.5. The topological polar surface area (TPSA) is 67.0 Å². The number of fused-ring (bicyclic) bond motifs is 1. The minimum absolute atomic E-state index is 0.0835. The number of para-hydroxylation sites is 1. The first-order valence-corrected chi connectivity index (χ1v) is 8.14. The molecule has 3 rings (SSSR count). The van der Waals surface area contributed by atoms with Crippen molar-refractivity contribution in [2.24, 2.45) is 5.92 Å². The highest BCUT2D eigenvalue weighted by Gasteiger charge is 2.25. The molecule has 1 aliphatic heterocycles. The fraction of sp³-hybridized carbons (Fsp3) is 0.444. The molecule has 1 aromatic heterocycles. The molecule has 0 saturated heterocycles. The number of aryl methyl sites for hydroxylation is 2. The molecule has 1 aromatic carbocycles. The van der Waals surface area contributed by atoms with Crippen LogP contribution in [0.5, 0.6) is 5.75 Å². The maximum absolute atomic E-state index is 12.3. The average Bonchev–Trinajstić information content (AvgIpc) is 2.89. The van der Waals surface area contributed by atoms with Gasteiger partial charge in [-0.05, 0) is 50.3 Å². The summed E-state index contributed by atoms with van der Waals surface area (Å²) >= 11 is 0. The van der Waals surface area contributed by atoms with Gasteiger partial charge in [-0.2, -0.15) is 5.10 Å². The fourth-order valence-corrected chi connectivity index (χ4v) is 3.06. The van der Waals surface area contributed by atoms with Crippen molar-refractivity contribution in [2.75, 3.05) is 13.2 Å². The van der Waals surface area contributed by atoms with Crippen molar-refractivity contribution >= 4 is 5.91 Å². The zero-order chi connectivity index (χ0) is 16.2. The van der Waals surface area contributed by atoms with Crippen LogP contribution in [0.1, 0.15) is 28.9 Å². The number of amides is 1. The van der Waals surface area contributed by atoms with Gasteiger partial charge in [0.05, 0.1) is 11.6 Å². The highest BCUT2D eigenvalue weighted by Crippen LogP contribution is 2.26. The number of hydrogen-bond donors (Lipinski definition) is 2. The smallest absolute Gasteiger partial charge is 0.226 e. The van der Waals surface area contributed by atoms with Gasteiger partial charge in [0, 0.05) is 12.2 Å². The quantitative estimate of drug-likeness (QED) is 0.833. The molecule has 5 heteroatoms. The molecule has 0 fully saturated rings. The first-order chi connectivity index (χ1) is 11.1. The SMILES string of the molecule is Cc1n[nH]c(C)c1CCCNC(=O)[C@H]1COc2ccccc2C1. The third-order valence-electron chi connectivity index (χ3n) is 4.43. The number of nitrogens with one attached hydrogen (secondary N) is 2. The summed E-state index contributed by atoms with van der Waals surface area (Å²) in [4.78, 5) is 12.3. The van der Waals surface area contributed by atoms with Gasteiger partial charge >= 0.3 is 0 Å². The van der Waals surface area contributed by atoms with Crippen LogP contribution < -0.4 is 10.1 Å². The number of H-pyrrole nitrogens is 1. The molecule has 5 nitrogen and oxygen atoms in total. The molecular formula is C18H23N3O2. The number of carbonyl (C=O) groups is 1. The maximum Gasteiger partial charge on any atom is 0.226 e. The van der Waals surface area contributed by atoms with Gasteiger partial charge in [-0.1, -0.05) is 18.2 Å². The van der Waals surface area contributed by atoms with E-state index in [0.717, 1.165) is 42.0 Å². The summed E-state index contributed by atoms with van der Waals surface area (Å²) < 4.78 is 5.68. The normalized spacial score (nSPS) is 16.5. The number of ether oxygens (including phenoxy) is 1. The van der Waals surface area contributed by atoms with Crippen molar-refractivity contribution in [3.05, 3.63) is 46.8 Å². The van der Waals surface area contributed by atoms with Crippen molar-refractivity contribution in [1.82, 2.24) is 15.5 Å². The van der Waals surface area contributed by atoms with Crippen molar-refractivity contribution in [1.29, 1.82) is 0 Å². The summed E-state index contributed by atoms with van der Waals surface area (Å²) in [6.45, 7) is 5.18. The van der Waals surface area contributed by atoms with E-state index < -0.39 is 0 Å². The standard InChI is InChI=1S/C18H23N3O2/c1-12-16(13(2)21-20-12)7-5-9-19-18(22)15-10-14-6-3-4-8-17(14)23-11-15/h3-4,6,8,15H,5,7,9-11H2,1-2H3,(H,19,22)(H,20,21)/t15-/m1/s1. The fourth-order valence-electron chi connectivity index (χ4n) is 3.06. The molecule has 0 aliphatic carbocycles. The van der Waals surface area contributed by atoms with E-state index in [1.807, 2.05) is 38.1 Å². The van der Waals surface area contributed by atoms with E-state index in [-0.39, 0.29) is 11.8 Å². The summed E-state index contributed by atoms with van der Waals surface area (Å²) in [6, 6.07) is 7.93. The number of carbonyl (C=O) groups excluding carboxylic acids is 1. The largest absolute Gasteiger partial charge is 0.492 e. The van der Waals surface area contributed by atoms with Crippen molar-refractivity contribution in [3.63, 3.8) is 0 Å². The molecule has 0 radical (unpaired) electrons. The number of rotatable bonds is 5. The lowest BCUT2D eigenvalue weighted by atomic mass is 9.96. The van der Waals surface area contributed by atoms with Crippen LogP contribution in [-0.2, 0) is 17.6 Å². The van der Waals surface area contributed by atoms with Crippen LogP contribution in [0, 0.1) is 19.8 Å². The summed E-state index contributed by atoms with van der Waals surface area (Å²) in [5, 5.41) is 10.2. The van der Waals surface area contributed by atoms with Gasteiger partial charge < -0.3 is 10.1 Å². The van der Waals surface area contributed by atoms with Gasteiger partial charge in [0.1, 0.15) is 12.4 Å². The van der Waals surface area contributed by atoms with Gasteiger partial charge in [0.15, 0.2) is 0 Å². The van der Waals surface area contributed by atoms with Crippen molar-refractivity contribution in [2.45, 2.75) is 33.1 Å². The molecular weight excluding hydrogens is 290 g/mol. The number of aromatic amines is 1. The molecule has 2 heterocycles. The first-order valence-electron chi connectivity index (χ1n) is 8.14. The number of aromatic nitrogens is 2. The number of hydrogen-bond acceptors (Lipinski definition) is 3. The molecule has 0 saturated carbocycles. The predicted octanol–water partition coefficient (Wildman–Crippen LogP) is 2.33. The molecule has 2 N–H and O–H groups in total. The van der Waals surface area contributed by atoms with Crippen LogP contribution in [-0.4, -0.2) is 29.3 Å². The number of benzene rings is 1. The van der Waals surface area contributed by atoms with Crippen LogP contribution in [0.15, 0.2) is 24.3 Å². The lowest BCUT2D eigenvalue weighted by molar-refractivity contribution is -0.126. The molecule has 122 valence electrons. The number of nitrogens with zero attached hydrogens (tertiary/aromatic N) is 1. The molecule has 0 spiro atoms. The summed E-state index contributed by atoms with van der Waals surface area (Å²) in [5.41, 5.74) is 4.54. The molecule has 1 atom stereocenters. The van der Waals surface area contributed by atoms with Gasteiger partial charge in [-0.15, -0.1) is 0 Å². The second kappa shape index (κ2) is 6.86. The summed E-state index contributed by atoms with van der Waals surface area (Å²) in [5.74, 6) is 0.893. The second-order valence-electron chi connectivity index (χ2n) is 6.13. The van der Waals surface area contributed by atoms with E-state index in [0.29, 0.717) is 13.2 Å². The first kappa shape index (κ1) is 15.6. The molecule has 0 bridgehead atoms. The zero-order valence-corrected chi connectivity index (χ0v) is 13.7. The maximum atomic E-state index is 12.3. The van der Waals surface area contributed by atoms with E-state index >= 15 is 0 Å². The van der Waals surface area contributed by atoms with Crippen molar-refractivity contribution in [3.8, 4) is 5.75 Å². The van der Waals surface area contributed by atoms with Crippen LogP contribution in [0.3, 0.4) is 0 Å². The molecule has 1 aliphatic rings. The van der Waals surface area contributed by atoms with Gasteiger partial charge in [0.25, 0.3) is 0 Å². The van der Waals surface area contributed by atoms with Crippen LogP contribution in [0.2, 0.25) is 0 Å². The minimum Gasteiger partial charge on any atom is -0.492 e. The Kier molecular flexibility index (Phi) is 4.65. The molecule has 0 unspecified atom stereocenters. The Morgan fingerprint density at radius 1 is 1.39 bits per heavy atom. The Labute approximate surface area is 136 Å². The molecule has 2 aromatic rings. The van der Waals surface area contributed by atoms with Crippen LogP contribution in [0.4, 0.5) is 0 Å². The molecule has 23 heavy (non-hydrogen) atoms. The summed E-state index contributed by atoms with van der Waals surface area (Å²) in [7, 11) is 0. The van der Waals surface area contributed by atoms with E-state index in [1.165, 1.54) is 5.56 Å². The Bertz CT molecular complexity index is 674.